The fourth-order valence-electron chi connectivity index (χ4n) is 0.430. The summed E-state index contributed by atoms with van der Waals surface area (Å²) in [5.74, 6) is -1.13. The van der Waals surface area contributed by atoms with Gasteiger partial charge in [0.15, 0.2) is 6.61 Å². The molecule has 0 radical (unpaired) electrons. The molecule has 0 spiro atoms. The molecule has 0 amide bonds. The fraction of sp³-hybridized carbons (Fsp3) is 0.500. The standard InChI is InChI=1S/C8H12O4/c1-4-6(2)8(10)12-5-7(9)11-3/h2,4-5H2,1,3H3. The first-order valence-electron chi connectivity index (χ1n) is 3.53. The zero-order valence-electron chi connectivity index (χ0n) is 7.25. The van der Waals surface area contributed by atoms with Gasteiger partial charge >= 0.3 is 11.9 Å². The number of carbonyl (C=O) groups is 2. The Kier molecular flexibility index (Phi) is 4.76. The maximum absolute atomic E-state index is 10.9. The lowest BCUT2D eigenvalue weighted by Crippen LogP contribution is -2.15. The van der Waals surface area contributed by atoms with Gasteiger partial charge in [0.05, 0.1) is 7.11 Å². The summed E-state index contributed by atoms with van der Waals surface area (Å²) >= 11 is 0. The van der Waals surface area contributed by atoms with E-state index in [-0.39, 0.29) is 6.61 Å². The summed E-state index contributed by atoms with van der Waals surface area (Å²) in [6.07, 6.45) is 0.514. The Bertz CT molecular complexity index is 195. The summed E-state index contributed by atoms with van der Waals surface area (Å²) in [4.78, 5) is 21.4. The zero-order chi connectivity index (χ0) is 9.56. The van der Waals surface area contributed by atoms with Crippen molar-refractivity contribution in [1.82, 2.24) is 0 Å². The molecule has 4 nitrogen and oxygen atoms in total. The van der Waals surface area contributed by atoms with Gasteiger partial charge in [0, 0.05) is 5.57 Å². The molecular formula is C8H12O4. The molecule has 0 N–H and O–H groups in total. The van der Waals surface area contributed by atoms with Crippen molar-refractivity contribution in [3.05, 3.63) is 12.2 Å². The maximum atomic E-state index is 10.9. The minimum absolute atomic E-state index is 0.346. The Morgan fingerprint density at radius 2 is 2.00 bits per heavy atom. The van der Waals surface area contributed by atoms with Crippen LogP contribution in [0.3, 0.4) is 0 Å². The minimum Gasteiger partial charge on any atom is -0.466 e. The summed E-state index contributed by atoms with van der Waals surface area (Å²) in [7, 11) is 1.23. The van der Waals surface area contributed by atoms with Crippen molar-refractivity contribution in [1.29, 1.82) is 0 Å². The number of carbonyl (C=O) groups excluding carboxylic acids is 2. The van der Waals surface area contributed by atoms with E-state index in [0.29, 0.717) is 12.0 Å². The average Bonchev–Trinajstić information content (AvgIpc) is 2.11. The molecule has 0 unspecified atom stereocenters. The number of esters is 2. The topological polar surface area (TPSA) is 52.6 Å². The van der Waals surface area contributed by atoms with Crippen molar-refractivity contribution in [2.45, 2.75) is 13.3 Å². The van der Waals surface area contributed by atoms with E-state index in [1.807, 2.05) is 0 Å². The molecule has 0 aliphatic heterocycles. The Balaban J connectivity index is 3.72. The molecule has 0 rings (SSSR count). The normalized spacial score (nSPS) is 8.83. The minimum atomic E-state index is -0.577. The van der Waals surface area contributed by atoms with Crippen LogP contribution in [0.5, 0.6) is 0 Å². The van der Waals surface area contributed by atoms with Crippen LogP contribution in [0.25, 0.3) is 0 Å². The molecule has 0 fully saturated rings. The number of ether oxygens (including phenoxy) is 2. The molecule has 0 aromatic rings. The van der Waals surface area contributed by atoms with E-state index in [4.69, 9.17) is 0 Å². The highest BCUT2D eigenvalue weighted by molar-refractivity contribution is 5.89. The second-order valence-electron chi connectivity index (χ2n) is 2.11. The van der Waals surface area contributed by atoms with Gasteiger partial charge in [-0.2, -0.15) is 0 Å². The van der Waals surface area contributed by atoms with Gasteiger partial charge in [-0.25, -0.2) is 9.59 Å². The van der Waals surface area contributed by atoms with Gasteiger partial charge < -0.3 is 9.47 Å². The van der Waals surface area contributed by atoms with Crippen LogP contribution < -0.4 is 0 Å². The highest BCUT2D eigenvalue weighted by Gasteiger charge is 2.08. The Morgan fingerprint density at radius 3 is 2.42 bits per heavy atom. The predicted molar refractivity (Wildman–Crippen MR) is 42.4 cm³/mol. The zero-order valence-corrected chi connectivity index (χ0v) is 7.25. The van der Waals surface area contributed by atoms with Gasteiger partial charge in [-0.05, 0) is 6.42 Å². The van der Waals surface area contributed by atoms with Crippen molar-refractivity contribution >= 4 is 11.9 Å². The lowest BCUT2D eigenvalue weighted by Gasteiger charge is -2.02. The number of rotatable bonds is 4. The van der Waals surface area contributed by atoms with E-state index in [2.05, 4.69) is 16.1 Å². The van der Waals surface area contributed by atoms with Crippen LogP contribution in [-0.2, 0) is 19.1 Å². The second kappa shape index (κ2) is 5.35. The Hall–Kier alpha value is -1.32. The Labute approximate surface area is 71.2 Å². The van der Waals surface area contributed by atoms with E-state index < -0.39 is 11.9 Å². The van der Waals surface area contributed by atoms with E-state index in [0.717, 1.165) is 0 Å². The second-order valence-corrected chi connectivity index (χ2v) is 2.11. The van der Waals surface area contributed by atoms with Crippen LogP contribution in [0.1, 0.15) is 13.3 Å². The molecule has 0 saturated heterocycles. The van der Waals surface area contributed by atoms with Gasteiger partial charge in [0.2, 0.25) is 0 Å². The van der Waals surface area contributed by atoms with Crippen molar-refractivity contribution in [2.75, 3.05) is 13.7 Å². The molecule has 0 saturated carbocycles. The number of hydrogen-bond donors (Lipinski definition) is 0. The van der Waals surface area contributed by atoms with Crippen LogP contribution >= 0.6 is 0 Å². The summed E-state index contributed by atoms with van der Waals surface area (Å²) in [5.41, 5.74) is 0.346. The summed E-state index contributed by atoms with van der Waals surface area (Å²) < 4.78 is 8.80. The van der Waals surface area contributed by atoms with Gasteiger partial charge in [0.25, 0.3) is 0 Å². The van der Waals surface area contributed by atoms with Crippen molar-refractivity contribution in [3.63, 3.8) is 0 Å². The highest BCUT2D eigenvalue weighted by atomic mass is 16.6. The first kappa shape index (κ1) is 10.7. The number of methoxy groups -OCH3 is 1. The summed E-state index contributed by atoms with van der Waals surface area (Å²) in [6, 6.07) is 0. The van der Waals surface area contributed by atoms with Gasteiger partial charge in [-0.15, -0.1) is 0 Å². The van der Waals surface area contributed by atoms with Crippen LogP contribution in [0, 0.1) is 0 Å². The molecule has 0 aromatic carbocycles. The lowest BCUT2D eigenvalue weighted by molar-refractivity contribution is -0.154. The third kappa shape index (κ3) is 3.75. The Morgan fingerprint density at radius 1 is 1.42 bits per heavy atom. The first-order valence-corrected chi connectivity index (χ1v) is 3.53. The quantitative estimate of drug-likeness (QED) is 0.462. The van der Waals surface area contributed by atoms with Crippen molar-refractivity contribution < 1.29 is 19.1 Å². The molecule has 0 aromatic heterocycles. The maximum Gasteiger partial charge on any atom is 0.344 e. The van der Waals surface area contributed by atoms with Gasteiger partial charge in [-0.3, -0.25) is 0 Å². The van der Waals surface area contributed by atoms with E-state index in [1.54, 1.807) is 6.92 Å². The first-order chi connectivity index (χ1) is 5.61. The molecule has 0 aliphatic carbocycles. The predicted octanol–water partition coefficient (Wildman–Crippen LogP) is 0.669. The van der Waals surface area contributed by atoms with Gasteiger partial charge in [0.1, 0.15) is 0 Å². The third-order valence-corrected chi connectivity index (χ3v) is 1.26. The molecule has 0 aliphatic rings. The van der Waals surface area contributed by atoms with Crippen molar-refractivity contribution in [2.24, 2.45) is 0 Å². The molecule has 12 heavy (non-hydrogen) atoms. The van der Waals surface area contributed by atoms with Crippen LogP contribution in [0.4, 0.5) is 0 Å². The fourth-order valence-corrected chi connectivity index (χ4v) is 0.430. The molecule has 68 valence electrons. The third-order valence-electron chi connectivity index (χ3n) is 1.26. The van der Waals surface area contributed by atoms with E-state index >= 15 is 0 Å². The molecule has 0 atom stereocenters. The number of hydrogen-bond acceptors (Lipinski definition) is 4. The smallest absolute Gasteiger partial charge is 0.344 e. The van der Waals surface area contributed by atoms with Gasteiger partial charge in [-0.1, -0.05) is 13.5 Å². The molecule has 0 heterocycles. The van der Waals surface area contributed by atoms with E-state index in [1.165, 1.54) is 7.11 Å². The van der Waals surface area contributed by atoms with Crippen LogP contribution in [0.15, 0.2) is 12.2 Å². The SMILES string of the molecule is C=C(CC)C(=O)OCC(=O)OC. The molecular weight excluding hydrogens is 160 g/mol. The molecule has 0 bridgehead atoms. The summed E-state index contributed by atoms with van der Waals surface area (Å²) in [5, 5.41) is 0. The average molecular weight is 172 g/mol. The lowest BCUT2D eigenvalue weighted by atomic mass is 10.2. The molecule has 4 heteroatoms. The summed E-state index contributed by atoms with van der Waals surface area (Å²) in [6.45, 7) is 4.88. The highest BCUT2D eigenvalue weighted by Crippen LogP contribution is 1.98. The monoisotopic (exact) mass is 172 g/mol. The van der Waals surface area contributed by atoms with Crippen LogP contribution in [-0.4, -0.2) is 25.7 Å². The van der Waals surface area contributed by atoms with E-state index in [9.17, 15) is 9.59 Å². The van der Waals surface area contributed by atoms with Crippen LogP contribution in [0.2, 0.25) is 0 Å². The van der Waals surface area contributed by atoms with Crippen molar-refractivity contribution in [3.8, 4) is 0 Å². The largest absolute Gasteiger partial charge is 0.466 e.